The lowest BCUT2D eigenvalue weighted by Crippen LogP contribution is -1.97. The lowest BCUT2D eigenvalue weighted by molar-refractivity contribution is 0.340. The van der Waals surface area contributed by atoms with Crippen molar-refractivity contribution in [1.29, 1.82) is 0 Å². The summed E-state index contributed by atoms with van der Waals surface area (Å²) in [4.78, 5) is -0.0416. The molecule has 0 saturated heterocycles. The molecule has 0 bridgehead atoms. The molecule has 7 heteroatoms. The maximum atomic E-state index is 6.35. The first kappa shape index (κ1) is 17.1. The third-order valence-electron chi connectivity index (χ3n) is 2.58. The first-order chi connectivity index (χ1) is 9.43. The van der Waals surface area contributed by atoms with Crippen molar-refractivity contribution in [3.8, 4) is 5.75 Å². The van der Waals surface area contributed by atoms with Crippen LogP contribution in [0.3, 0.4) is 0 Å². The van der Waals surface area contributed by atoms with E-state index in [1.807, 2.05) is 13.0 Å². The summed E-state index contributed by atoms with van der Waals surface area (Å²) in [5.74, 6) is 0.605. The molecule has 108 valence electrons. The Balaban J connectivity index is 2.42. The van der Waals surface area contributed by atoms with E-state index in [9.17, 15) is 0 Å². The van der Waals surface area contributed by atoms with Crippen LogP contribution in [0.5, 0.6) is 5.75 Å². The van der Waals surface area contributed by atoms with E-state index in [-0.39, 0.29) is 4.83 Å². The fourth-order valence-corrected chi connectivity index (χ4v) is 6.42. The van der Waals surface area contributed by atoms with E-state index in [1.54, 1.807) is 17.4 Å². The second-order valence-electron chi connectivity index (χ2n) is 3.88. The van der Waals surface area contributed by atoms with Gasteiger partial charge in [0.05, 0.1) is 24.0 Å². The van der Waals surface area contributed by atoms with Crippen LogP contribution in [0, 0.1) is 0 Å². The van der Waals surface area contributed by atoms with Gasteiger partial charge in [-0.25, -0.2) is 0 Å². The third-order valence-corrected chi connectivity index (χ3v) is 6.58. The van der Waals surface area contributed by atoms with E-state index in [0.29, 0.717) is 22.4 Å². The number of hydrogen-bond donors (Lipinski definition) is 0. The van der Waals surface area contributed by atoms with Gasteiger partial charge >= 0.3 is 0 Å². The summed E-state index contributed by atoms with van der Waals surface area (Å²) in [6, 6.07) is 5.65. The van der Waals surface area contributed by atoms with Crippen LogP contribution in [0.4, 0.5) is 0 Å². The molecule has 0 aliphatic heterocycles. The molecule has 1 heterocycles. The standard InChI is InChI=1S/C13H9Br3Cl2OS/c1-2-19-10-5-8(17)6(3-9(10)18)12(15)7-4-11(14)20-13(7)16/h3-5,12H,2H2,1H3. The van der Waals surface area contributed by atoms with Crippen molar-refractivity contribution < 1.29 is 4.74 Å². The van der Waals surface area contributed by atoms with E-state index < -0.39 is 0 Å². The van der Waals surface area contributed by atoms with Gasteiger partial charge in [0.25, 0.3) is 0 Å². The SMILES string of the molecule is CCOc1cc(Cl)c(C(Br)c2cc(Br)sc2Br)cc1Cl. The Bertz CT molecular complexity index is 630. The van der Waals surface area contributed by atoms with Crippen LogP contribution in [0.25, 0.3) is 0 Å². The second kappa shape index (κ2) is 7.34. The highest BCUT2D eigenvalue weighted by Crippen LogP contribution is 2.45. The van der Waals surface area contributed by atoms with Gasteiger partial charge < -0.3 is 4.74 Å². The predicted molar refractivity (Wildman–Crippen MR) is 98.1 cm³/mol. The monoisotopic (exact) mass is 520 g/mol. The van der Waals surface area contributed by atoms with Crippen molar-refractivity contribution in [2.24, 2.45) is 0 Å². The lowest BCUT2D eigenvalue weighted by Gasteiger charge is -2.14. The second-order valence-corrected chi connectivity index (χ2v) is 9.36. The third kappa shape index (κ3) is 3.73. The molecule has 1 atom stereocenters. The van der Waals surface area contributed by atoms with Gasteiger partial charge in [0.1, 0.15) is 5.75 Å². The maximum Gasteiger partial charge on any atom is 0.139 e. The van der Waals surface area contributed by atoms with Crippen molar-refractivity contribution in [2.45, 2.75) is 11.8 Å². The number of halogens is 5. The van der Waals surface area contributed by atoms with Gasteiger partial charge in [-0.15, -0.1) is 11.3 Å². The van der Waals surface area contributed by atoms with Gasteiger partial charge in [-0.2, -0.15) is 0 Å². The van der Waals surface area contributed by atoms with E-state index in [0.717, 1.165) is 18.7 Å². The van der Waals surface area contributed by atoms with Crippen molar-refractivity contribution in [1.82, 2.24) is 0 Å². The zero-order chi connectivity index (χ0) is 14.9. The van der Waals surface area contributed by atoms with Crippen LogP contribution in [0.2, 0.25) is 10.0 Å². The molecule has 2 rings (SSSR count). The van der Waals surface area contributed by atoms with Crippen molar-refractivity contribution in [3.63, 3.8) is 0 Å². The zero-order valence-corrected chi connectivity index (χ0v) is 17.3. The lowest BCUT2D eigenvalue weighted by atomic mass is 10.1. The number of alkyl halides is 1. The first-order valence-electron chi connectivity index (χ1n) is 5.64. The predicted octanol–water partition coefficient (Wildman–Crippen LogP) is 7.46. The highest BCUT2D eigenvalue weighted by molar-refractivity contribution is 9.12. The average Bonchev–Trinajstić information content (AvgIpc) is 2.72. The molecular formula is C13H9Br3Cl2OS. The summed E-state index contributed by atoms with van der Waals surface area (Å²) in [7, 11) is 0. The van der Waals surface area contributed by atoms with E-state index >= 15 is 0 Å². The minimum atomic E-state index is -0.0416. The van der Waals surface area contributed by atoms with E-state index in [4.69, 9.17) is 27.9 Å². The molecule has 1 nitrogen and oxygen atoms in total. The van der Waals surface area contributed by atoms with E-state index in [1.165, 1.54) is 0 Å². The Labute approximate surface area is 157 Å². The average molecular weight is 524 g/mol. The van der Waals surface area contributed by atoms with Crippen molar-refractivity contribution in [3.05, 3.63) is 46.9 Å². The van der Waals surface area contributed by atoms with Crippen LogP contribution in [-0.4, -0.2) is 6.61 Å². The molecule has 20 heavy (non-hydrogen) atoms. The number of benzene rings is 1. The summed E-state index contributed by atoms with van der Waals surface area (Å²) in [6.07, 6.45) is 0. The molecule has 0 aliphatic rings. The van der Waals surface area contributed by atoms with Gasteiger partial charge in [-0.3, -0.25) is 0 Å². The molecular weight excluding hydrogens is 515 g/mol. The summed E-state index contributed by atoms with van der Waals surface area (Å²) in [5.41, 5.74) is 2.01. The summed E-state index contributed by atoms with van der Waals surface area (Å²) < 4.78 is 7.54. The van der Waals surface area contributed by atoms with Crippen molar-refractivity contribution >= 4 is 82.3 Å². The quantitative estimate of drug-likeness (QED) is 0.378. The molecule has 0 spiro atoms. The number of ether oxygens (including phenoxy) is 1. The zero-order valence-electron chi connectivity index (χ0n) is 10.2. The first-order valence-corrected chi connectivity index (χ1v) is 9.72. The molecule has 2 aromatic rings. The Kier molecular flexibility index (Phi) is 6.27. The molecule has 1 aromatic heterocycles. The topological polar surface area (TPSA) is 9.23 Å². The molecule has 1 unspecified atom stereocenters. The number of hydrogen-bond acceptors (Lipinski definition) is 2. The van der Waals surface area contributed by atoms with Crippen LogP contribution < -0.4 is 4.74 Å². The Hall–Kier alpha value is 0.740. The fourth-order valence-electron chi connectivity index (χ4n) is 1.70. The highest BCUT2D eigenvalue weighted by Gasteiger charge is 2.20. The minimum Gasteiger partial charge on any atom is -0.492 e. The van der Waals surface area contributed by atoms with E-state index in [2.05, 4.69) is 53.9 Å². The smallest absolute Gasteiger partial charge is 0.139 e. The minimum absolute atomic E-state index is 0.0416. The van der Waals surface area contributed by atoms with Crippen LogP contribution >= 0.6 is 82.3 Å². The molecule has 0 aliphatic carbocycles. The van der Waals surface area contributed by atoms with Gasteiger partial charge in [-0.1, -0.05) is 39.1 Å². The molecule has 1 aromatic carbocycles. The molecule has 0 fully saturated rings. The molecule has 0 N–H and O–H groups in total. The summed E-state index contributed by atoms with van der Waals surface area (Å²) >= 11 is 24.9. The largest absolute Gasteiger partial charge is 0.492 e. The molecule has 0 saturated carbocycles. The Morgan fingerprint density at radius 1 is 1.15 bits per heavy atom. The fraction of sp³-hybridized carbons (Fsp3) is 0.231. The van der Waals surface area contributed by atoms with Gasteiger partial charge in [0, 0.05) is 11.1 Å². The number of rotatable bonds is 4. The van der Waals surface area contributed by atoms with Gasteiger partial charge in [0.15, 0.2) is 0 Å². The Morgan fingerprint density at radius 2 is 1.85 bits per heavy atom. The maximum absolute atomic E-state index is 6.35. The van der Waals surface area contributed by atoms with Gasteiger partial charge in [0.2, 0.25) is 0 Å². The summed E-state index contributed by atoms with van der Waals surface area (Å²) in [5, 5.41) is 1.18. The van der Waals surface area contributed by atoms with Gasteiger partial charge in [-0.05, 0) is 62.0 Å². The van der Waals surface area contributed by atoms with Crippen LogP contribution in [0.15, 0.2) is 25.8 Å². The van der Waals surface area contributed by atoms with Crippen LogP contribution in [-0.2, 0) is 0 Å². The van der Waals surface area contributed by atoms with Crippen molar-refractivity contribution in [2.75, 3.05) is 6.61 Å². The molecule has 0 amide bonds. The van der Waals surface area contributed by atoms with Crippen LogP contribution in [0.1, 0.15) is 22.9 Å². The summed E-state index contributed by atoms with van der Waals surface area (Å²) in [6.45, 7) is 2.46. The highest BCUT2D eigenvalue weighted by atomic mass is 79.9. The number of thiophene rings is 1. The normalized spacial score (nSPS) is 12.5. The molecule has 0 radical (unpaired) electrons. The Morgan fingerprint density at radius 3 is 2.40 bits per heavy atom.